The van der Waals surface area contributed by atoms with E-state index in [1.165, 1.54) is 18.2 Å². The molecule has 5 N–H and O–H groups in total. The number of nitrogens with one attached hydrogen (secondary N) is 2. The van der Waals surface area contributed by atoms with Gasteiger partial charge in [0.25, 0.3) is 10.2 Å². The van der Waals surface area contributed by atoms with Gasteiger partial charge in [-0.1, -0.05) is 13.8 Å². The summed E-state index contributed by atoms with van der Waals surface area (Å²) in [7, 11) is -3.71. The highest BCUT2D eigenvalue weighted by Crippen LogP contribution is 2.20. The van der Waals surface area contributed by atoms with Crippen LogP contribution in [0.4, 0.5) is 11.4 Å². The maximum absolute atomic E-state index is 11.7. The maximum atomic E-state index is 11.7. The minimum atomic E-state index is -3.71. The Morgan fingerprint density at radius 2 is 2.05 bits per heavy atom. The molecule has 0 radical (unpaired) electrons. The third kappa shape index (κ3) is 4.76. The normalized spacial score (nSPS) is 11.5. The van der Waals surface area contributed by atoms with Gasteiger partial charge in [-0.15, -0.1) is 0 Å². The van der Waals surface area contributed by atoms with E-state index in [0.717, 1.165) is 0 Å². The number of benzene rings is 1. The molecule has 0 spiro atoms. The van der Waals surface area contributed by atoms with Crippen LogP contribution in [-0.2, 0) is 10.2 Å². The van der Waals surface area contributed by atoms with Gasteiger partial charge >= 0.3 is 5.97 Å². The fraction of sp³-hybridized carbons (Fsp3) is 0.364. The van der Waals surface area contributed by atoms with Crippen LogP contribution in [0.2, 0.25) is 0 Å². The predicted molar refractivity (Wildman–Crippen MR) is 73.2 cm³/mol. The van der Waals surface area contributed by atoms with Crippen molar-refractivity contribution in [2.24, 2.45) is 5.92 Å². The van der Waals surface area contributed by atoms with E-state index in [0.29, 0.717) is 6.54 Å². The van der Waals surface area contributed by atoms with Crippen molar-refractivity contribution in [2.45, 2.75) is 13.8 Å². The molecule has 0 unspecified atom stereocenters. The third-order valence-corrected chi connectivity index (χ3v) is 3.26. The van der Waals surface area contributed by atoms with E-state index in [9.17, 15) is 13.2 Å². The highest BCUT2D eigenvalue weighted by Gasteiger charge is 2.13. The molecular weight excluding hydrogens is 270 g/mol. The molecule has 0 heterocycles. The van der Waals surface area contributed by atoms with Gasteiger partial charge in [-0.05, 0) is 24.1 Å². The predicted octanol–water partition coefficient (Wildman–Crippen LogP) is 0.869. The Morgan fingerprint density at radius 3 is 2.53 bits per heavy atom. The van der Waals surface area contributed by atoms with Crippen molar-refractivity contribution in [2.75, 3.05) is 17.0 Å². The molecule has 0 fully saturated rings. The molecule has 1 aromatic rings. The molecule has 0 aliphatic rings. The number of carboxylic acids is 1. The summed E-state index contributed by atoms with van der Waals surface area (Å²) < 4.78 is 28.0. The average Bonchev–Trinajstić information content (AvgIpc) is 2.29. The molecule has 8 heteroatoms. The lowest BCUT2D eigenvalue weighted by Gasteiger charge is -2.12. The van der Waals surface area contributed by atoms with Gasteiger partial charge in [-0.2, -0.15) is 13.1 Å². The SMILES string of the molecule is CC(C)CNS(=O)(=O)Nc1ccc(C(=O)O)cc1N. The second kappa shape index (κ2) is 5.89. The summed E-state index contributed by atoms with van der Waals surface area (Å²) in [5, 5.41) is 8.77. The van der Waals surface area contributed by atoms with Crippen LogP contribution in [0.25, 0.3) is 0 Å². The molecule has 19 heavy (non-hydrogen) atoms. The molecular formula is C11H17N3O4S. The summed E-state index contributed by atoms with van der Waals surface area (Å²) in [5.41, 5.74) is 5.79. The van der Waals surface area contributed by atoms with E-state index < -0.39 is 16.2 Å². The van der Waals surface area contributed by atoms with Crippen molar-refractivity contribution in [3.8, 4) is 0 Å². The molecule has 1 rings (SSSR count). The summed E-state index contributed by atoms with van der Waals surface area (Å²) in [6, 6.07) is 3.79. The Kier molecular flexibility index (Phi) is 4.73. The fourth-order valence-electron chi connectivity index (χ4n) is 1.25. The van der Waals surface area contributed by atoms with Crippen LogP contribution in [0.1, 0.15) is 24.2 Å². The third-order valence-electron chi connectivity index (χ3n) is 2.22. The first-order chi connectivity index (χ1) is 8.71. The van der Waals surface area contributed by atoms with Crippen molar-refractivity contribution in [1.29, 1.82) is 0 Å². The highest BCUT2D eigenvalue weighted by atomic mass is 32.2. The smallest absolute Gasteiger partial charge is 0.335 e. The highest BCUT2D eigenvalue weighted by molar-refractivity contribution is 7.90. The van der Waals surface area contributed by atoms with Gasteiger partial charge in [0.2, 0.25) is 0 Å². The lowest BCUT2D eigenvalue weighted by Crippen LogP contribution is -2.33. The summed E-state index contributed by atoms with van der Waals surface area (Å²) >= 11 is 0. The molecule has 0 atom stereocenters. The average molecular weight is 287 g/mol. The number of nitrogen functional groups attached to an aromatic ring is 1. The zero-order chi connectivity index (χ0) is 14.6. The Bertz CT molecular complexity index is 569. The summed E-state index contributed by atoms with van der Waals surface area (Å²) in [6.07, 6.45) is 0. The van der Waals surface area contributed by atoms with E-state index in [2.05, 4.69) is 9.44 Å². The van der Waals surface area contributed by atoms with Crippen LogP contribution < -0.4 is 15.2 Å². The largest absolute Gasteiger partial charge is 0.478 e. The van der Waals surface area contributed by atoms with Crippen LogP contribution in [-0.4, -0.2) is 26.0 Å². The Hall–Kier alpha value is -1.80. The summed E-state index contributed by atoms with van der Waals surface area (Å²) in [5.74, 6) is -0.956. The molecule has 1 aromatic carbocycles. The number of carboxylic acid groups (broad SMARTS) is 1. The quantitative estimate of drug-likeness (QED) is 0.578. The second-order valence-corrected chi connectivity index (χ2v) is 5.95. The maximum Gasteiger partial charge on any atom is 0.335 e. The Balaban J connectivity index is 2.85. The molecule has 0 amide bonds. The Labute approximate surface area is 112 Å². The minimum Gasteiger partial charge on any atom is -0.478 e. The van der Waals surface area contributed by atoms with Crippen molar-refractivity contribution >= 4 is 27.6 Å². The lowest BCUT2D eigenvalue weighted by molar-refractivity contribution is 0.0697. The molecule has 0 aromatic heterocycles. The van der Waals surface area contributed by atoms with Crippen molar-refractivity contribution in [3.05, 3.63) is 23.8 Å². The number of anilines is 2. The molecule has 0 aliphatic carbocycles. The number of carbonyl (C=O) groups is 1. The van der Waals surface area contributed by atoms with E-state index in [-0.39, 0.29) is 22.9 Å². The van der Waals surface area contributed by atoms with Crippen molar-refractivity contribution < 1.29 is 18.3 Å². The van der Waals surface area contributed by atoms with Gasteiger partial charge in [0.1, 0.15) is 0 Å². The van der Waals surface area contributed by atoms with Gasteiger partial charge in [-0.25, -0.2) is 4.79 Å². The molecule has 0 aliphatic heterocycles. The monoisotopic (exact) mass is 287 g/mol. The van der Waals surface area contributed by atoms with Crippen LogP contribution in [0, 0.1) is 5.92 Å². The number of aromatic carboxylic acids is 1. The summed E-state index contributed by atoms with van der Waals surface area (Å²) in [6.45, 7) is 4.04. The van der Waals surface area contributed by atoms with Gasteiger partial charge in [0.15, 0.2) is 0 Å². The molecule has 0 bridgehead atoms. The van der Waals surface area contributed by atoms with Gasteiger partial charge in [0.05, 0.1) is 16.9 Å². The van der Waals surface area contributed by atoms with Gasteiger partial charge in [0, 0.05) is 6.54 Å². The standard InChI is InChI=1S/C11H17N3O4S/c1-7(2)6-13-19(17,18)14-10-4-3-8(11(15)16)5-9(10)12/h3-5,7,13-14H,6,12H2,1-2H3,(H,15,16). The van der Waals surface area contributed by atoms with E-state index in [1.54, 1.807) is 0 Å². The second-order valence-electron chi connectivity index (χ2n) is 4.45. The van der Waals surface area contributed by atoms with E-state index in [4.69, 9.17) is 10.8 Å². The topological polar surface area (TPSA) is 122 Å². The summed E-state index contributed by atoms with van der Waals surface area (Å²) in [4.78, 5) is 10.7. The fourth-order valence-corrected chi connectivity index (χ4v) is 2.35. The van der Waals surface area contributed by atoms with Gasteiger partial charge in [-0.3, -0.25) is 4.72 Å². The van der Waals surface area contributed by atoms with Crippen LogP contribution in [0.15, 0.2) is 18.2 Å². The number of hydrogen-bond acceptors (Lipinski definition) is 4. The van der Waals surface area contributed by atoms with Crippen LogP contribution in [0.3, 0.4) is 0 Å². The first kappa shape index (κ1) is 15.3. The first-order valence-electron chi connectivity index (χ1n) is 5.61. The van der Waals surface area contributed by atoms with Crippen LogP contribution >= 0.6 is 0 Å². The Morgan fingerprint density at radius 1 is 1.42 bits per heavy atom. The van der Waals surface area contributed by atoms with Crippen molar-refractivity contribution in [1.82, 2.24) is 4.72 Å². The van der Waals surface area contributed by atoms with Gasteiger partial charge < -0.3 is 10.8 Å². The van der Waals surface area contributed by atoms with E-state index in [1.807, 2.05) is 13.8 Å². The lowest BCUT2D eigenvalue weighted by atomic mass is 10.2. The zero-order valence-electron chi connectivity index (χ0n) is 10.7. The van der Waals surface area contributed by atoms with E-state index >= 15 is 0 Å². The minimum absolute atomic E-state index is 0.00409. The number of hydrogen-bond donors (Lipinski definition) is 4. The molecule has 106 valence electrons. The zero-order valence-corrected chi connectivity index (χ0v) is 11.5. The first-order valence-corrected chi connectivity index (χ1v) is 7.10. The number of rotatable bonds is 6. The van der Waals surface area contributed by atoms with Crippen molar-refractivity contribution in [3.63, 3.8) is 0 Å². The molecule has 7 nitrogen and oxygen atoms in total. The molecule has 0 saturated heterocycles. The van der Waals surface area contributed by atoms with Crippen LogP contribution in [0.5, 0.6) is 0 Å². The number of nitrogens with two attached hydrogens (primary N) is 1. The molecule has 0 saturated carbocycles.